The molecule has 1 saturated carbocycles. The number of thiophene rings is 1. The van der Waals surface area contributed by atoms with Crippen LogP contribution in [0.2, 0.25) is 0 Å². The van der Waals surface area contributed by atoms with Crippen LogP contribution in [0.1, 0.15) is 36.4 Å². The topological polar surface area (TPSA) is 66.9 Å². The molecule has 1 aliphatic carbocycles. The fourth-order valence-corrected chi connectivity index (χ4v) is 4.08. The molecule has 1 aliphatic heterocycles. The summed E-state index contributed by atoms with van der Waals surface area (Å²) in [6.45, 7) is 4.79. The zero-order valence-electron chi connectivity index (χ0n) is 13.1. The van der Waals surface area contributed by atoms with Crippen molar-refractivity contribution in [3.8, 4) is 0 Å². The molecule has 0 bridgehead atoms. The number of anilines is 1. The van der Waals surface area contributed by atoms with Gasteiger partial charge in [0.15, 0.2) is 0 Å². The third kappa shape index (κ3) is 2.16. The van der Waals surface area contributed by atoms with Gasteiger partial charge in [0.2, 0.25) is 0 Å². The van der Waals surface area contributed by atoms with Gasteiger partial charge >= 0.3 is 0 Å². The van der Waals surface area contributed by atoms with Crippen LogP contribution < -0.4 is 10.6 Å². The SMILES string of the molecule is CC.O=C1NC2(CC2)CNc2c1sc1ccc3nccnc3c21. The number of nitrogens with one attached hydrogen (secondary N) is 2. The summed E-state index contributed by atoms with van der Waals surface area (Å²) in [7, 11) is 0. The summed E-state index contributed by atoms with van der Waals surface area (Å²) in [5.41, 5.74) is 2.61. The van der Waals surface area contributed by atoms with Crippen molar-refractivity contribution in [3.63, 3.8) is 0 Å². The molecule has 118 valence electrons. The van der Waals surface area contributed by atoms with E-state index in [0.29, 0.717) is 0 Å². The monoisotopic (exact) mass is 326 g/mol. The lowest BCUT2D eigenvalue weighted by atomic mass is 10.1. The highest BCUT2D eigenvalue weighted by Gasteiger charge is 2.46. The zero-order valence-corrected chi connectivity index (χ0v) is 14.0. The van der Waals surface area contributed by atoms with Crippen molar-refractivity contribution in [2.45, 2.75) is 32.2 Å². The molecule has 2 aromatic heterocycles. The fraction of sp³-hybridized carbons (Fsp3) is 0.353. The number of rotatable bonds is 0. The molecule has 2 aliphatic rings. The Morgan fingerprint density at radius 3 is 2.74 bits per heavy atom. The van der Waals surface area contributed by atoms with Crippen LogP contribution >= 0.6 is 11.3 Å². The number of fused-ring (bicyclic) bond motifs is 5. The number of aromatic nitrogens is 2. The van der Waals surface area contributed by atoms with Crippen LogP contribution in [0.4, 0.5) is 5.69 Å². The predicted molar refractivity (Wildman–Crippen MR) is 94.2 cm³/mol. The molecule has 2 N–H and O–H groups in total. The molecule has 5 nitrogen and oxygen atoms in total. The van der Waals surface area contributed by atoms with E-state index in [4.69, 9.17) is 0 Å². The van der Waals surface area contributed by atoms with Gasteiger partial charge in [0.05, 0.1) is 22.3 Å². The average molecular weight is 326 g/mol. The Hall–Kier alpha value is -2.21. The normalized spacial score (nSPS) is 17.7. The van der Waals surface area contributed by atoms with Crippen LogP contribution in [0.3, 0.4) is 0 Å². The molecule has 0 atom stereocenters. The highest BCUT2D eigenvalue weighted by Crippen LogP contribution is 2.44. The van der Waals surface area contributed by atoms with Crippen molar-refractivity contribution in [3.05, 3.63) is 29.4 Å². The molecular weight excluding hydrogens is 308 g/mol. The summed E-state index contributed by atoms with van der Waals surface area (Å²) >= 11 is 1.52. The van der Waals surface area contributed by atoms with E-state index in [9.17, 15) is 4.79 Å². The van der Waals surface area contributed by atoms with Crippen molar-refractivity contribution in [2.75, 3.05) is 11.9 Å². The summed E-state index contributed by atoms with van der Waals surface area (Å²) in [4.78, 5) is 22.1. The van der Waals surface area contributed by atoms with Gasteiger partial charge in [-0.15, -0.1) is 11.3 Å². The minimum absolute atomic E-state index is 0.0294. The van der Waals surface area contributed by atoms with Crippen LogP contribution in [0, 0.1) is 0 Å². The highest BCUT2D eigenvalue weighted by atomic mass is 32.1. The van der Waals surface area contributed by atoms with E-state index < -0.39 is 0 Å². The van der Waals surface area contributed by atoms with Gasteiger partial charge in [0.25, 0.3) is 5.91 Å². The van der Waals surface area contributed by atoms with Crippen molar-refractivity contribution >= 4 is 44.1 Å². The van der Waals surface area contributed by atoms with Gasteiger partial charge < -0.3 is 10.6 Å². The van der Waals surface area contributed by atoms with Crippen LogP contribution in [0.15, 0.2) is 24.5 Å². The van der Waals surface area contributed by atoms with Gasteiger partial charge in [-0.1, -0.05) is 13.8 Å². The molecule has 5 rings (SSSR count). The third-order valence-corrected chi connectivity index (χ3v) is 5.49. The standard InChI is InChI=1S/C15H12N4OS.C2H6/c20-14-13-12(18-7-15(19-14)3-4-15)10-9(21-13)2-1-8-11(10)17-6-5-16-8;1-2/h1-2,5-6,18H,3-4,7H2,(H,19,20);1-2H3. The van der Waals surface area contributed by atoms with Crippen molar-refractivity contribution < 1.29 is 4.79 Å². The minimum atomic E-state index is -0.0294. The Morgan fingerprint density at radius 1 is 1.17 bits per heavy atom. The quantitative estimate of drug-likeness (QED) is 0.663. The van der Waals surface area contributed by atoms with E-state index in [2.05, 4.69) is 20.6 Å². The lowest BCUT2D eigenvalue weighted by molar-refractivity contribution is 0.0942. The molecule has 0 saturated heterocycles. The first-order valence-electron chi connectivity index (χ1n) is 7.98. The molecule has 1 spiro atoms. The van der Waals surface area contributed by atoms with Gasteiger partial charge in [-0.3, -0.25) is 14.8 Å². The Bertz CT molecular complexity index is 913. The Morgan fingerprint density at radius 2 is 1.96 bits per heavy atom. The number of benzene rings is 1. The Labute approximate surface area is 138 Å². The van der Waals surface area contributed by atoms with E-state index in [-0.39, 0.29) is 11.4 Å². The van der Waals surface area contributed by atoms with Crippen molar-refractivity contribution in [1.82, 2.24) is 15.3 Å². The second-order valence-corrected chi connectivity index (χ2v) is 6.81. The number of hydrogen-bond donors (Lipinski definition) is 2. The summed E-state index contributed by atoms with van der Waals surface area (Å²) < 4.78 is 1.07. The van der Waals surface area contributed by atoms with Crippen LogP contribution in [-0.2, 0) is 0 Å². The van der Waals surface area contributed by atoms with E-state index in [0.717, 1.165) is 51.1 Å². The van der Waals surface area contributed by atoms with E-state index in [1.807, 2.05) is 26.0 Å². The molecule has 0 unspecified atom stereocenters. The van der Waals surface area contributed by atoms with Gasteiger partial charge in [-0.25, -0.2) is 0 Å². The molecule has 0 radical (unpaired) electrons. The smallest absolute Gasteiger partial charge is 0.264 e. The van der Waals surface area contributed by atoms with Crippen molar-refractivity contribution in [1.29, 1.82) is 0 Å². The summed E-state index contributed by atoms with van der Waals surface area (Å²) in [6.07, 6.45) is 5.50. The summed E-state index contributed by atoms with van der Waals surface area (Å²) in [5, 5.41) is 7.67. The first-order valence-corrected chi connectivity index (χ1v) is 8.80. The molecule has 3 heterocycles. The Balaban J connectivity index is 0.000000652. The molecule has 3 aromatic rings. The van der Waals surface area contributed by atoms with Gasteiger partial charge in [-0.2, -0.15) is 0 Å². The maximum atomic E-state index is 12.5. The maximum absolute atomic E-state index is 12.5. The first-order chi connectivity index (χ1) is 11.3. The molecular formula is C17H18N4OS. The fourth-order valence-electron chi connectivity index (χ4n) is 3.00. The molecule has 1 aromatic carbocycles. The molecule has 23 heavy (non-hydrogen) atoms. The van der Waals surface area contributed by atoms with Crippen LogP contribution in [0.25, 0.3) is 21.1 Å². The number of amides is 1. The molecule has 6 heteroatoms. The van der Waals surface area contributed by atoms with Gasteiger partial charge in [-0.05, 0) is 25.0 Å². The largest absolute Gasteiger partial charge is 0.381 e. The second-order valence-electron chi connectivity index (χ2n) is 5.76. The number of carbonyl (C=O) groups excluding carboxylic acids is 1. The predicted octanol–water partition coefficient (Wildman–Crippen LogP) is 3.56. The van der Waals surface area contributed by atoms with Crippen LogP contribution in [0.5, 0.6) is 0 Å². The molecule has 1 fully saturated rings. The number of nitrogens with zero attached hydrogens (tertiary/aromatic N) is 2. The second kappa shape index (κ2) is 5.16. The van der Waals surface area contributed by atoms with E-state index in [1.165, 1.54) is 11.3 Å². The minimum Gasteiger partial charge on any atom is -0.381 e. The lowest BCUT2D eigenvalue weighted by Gasteiger charge is -2.13. The number of hydrogen-bond acceptors (Lipinski definition) is 5. The van der Waals surface area contributed by atoms with Crippen LogP contribution in [-0.4, -0.2) is 28.0 Å². The van der Waals surface area contributed by atoms with Gasteiger partial charge in [0, 0.05) is 29.0 Å². The number of carbonyl (C=O) groups is 1. The zero-order chi connectivity index (χ0) is 16.0. The highest BCUT2D eigenvalue weighted by molar-refractivity contribution is 7.21. The van der Waals surface area contributed by atoms with E-state index in [1.54, 1.807) is 12.4 Å². The van der Waals surface area contributed by atoms with Gasteiger partial charge in [0.1, 0.15) is 4.88 Å². The van der Waals surface area contributed by atoms with E-state index >= 15 is 0 Å². The Kier molecular flexibility index (Phi) is 3.23. The molecule has 1 amide bonds. The maximum Gasteiger partial charge on any atom is 0.264 e. The third-order valence-electron chi connectivity index (χ3n) is 4.33. The first kappa shape index (κ1) is 14.4. The average Bonchev–Trinajstić information content (AvgIpc) is 3.27. The summed E-state index contributed by atoms with van der Waals surface area (Å²) in [5.74, 6) is 0.0331. The lowest BCUT2D eigenvalue weighted by Crippen LogP contribution is -2.39. The van der Waals surface area contributed by atoms with Crippen molar-refractivity contribution in [2.24, 2.45) is 0 Å². The summed E-state index contributed by atoms with van der Waals surface area (Å²) in [6, 6.07) is 3.98.